The summed E-state index contributed by atoms with van der Waals surface area (Å²) in [7, 11) is 0. The molecule has 2 heterocycles. The Balaban J connectivity index is 1.78. The molecule has 1 unspecified atom stereocenters. The Hall–Kier alpha value is -0.800. The van der Waals surface area contributed by atoms with Crippen LogP contribution < -0.4 is 4.90 Å². The molecule has 1 aromatic carbocycles. The van der Waals surface area contributed by atoms with Crippen LogP contribution >= 0.6 is 11.6 Å². The first-order valence-corrected chi connectivity index (χ1v) is 6.56. The largest absolute Gasteiger partial charge is 0.369 e. The van der Waals surface area contributed by atoms with Crippen molar-refractivity contribution in [2.45, 2.75) is 18.9 Å². The Morgan fingerprint density at radius 1 is 1.24 bits per heavy atom. The van der Waals surface area contributed by atoms with Crippen LogP contribution in [0.4, 0.5) is 10.1 Å². The number of halogens is 2. The lowest BCUT2D eigenvalue weighted by atomic mass is 10.1. The van der Waals surface area contributed by atoms with Gasteiger partial charge in [0.1, 0.15) is 5.82 Å². The second-order valence-corrected chi connectivity index (χ2v) is 5.28. The molecule has 0 radical (unpaired) electrons. The second kappa shape index (κ2) is 4.46. The molecule has 3 rings (SSSR count). The van der Waals surface area contributed by atoms with E-state index in [1.807, 2.05) is 6.07 Å². The Morgan fingerprint density at radius 3 is 2.94 bits per heavy atom. The summed E-state index contributed by atoms with van der Waals surface area (Å²) >= 11 is 5.71. The summed E-state index contributed by atoms with van der Waals surface area (Å²) < 4.78 is 13.4. The van der Waals surface area contributed by atoms with Gasteiger partial charge in [-0.1, -0.05) is 11.6 Å². The van der Waals surface area contributed by atoms with Gasteiger partial charge in [-0.2, -0.15) is 0 Å². The van der Waals surface area contributed by atoms with Gasteiger partial charge in [-0.05, 0) is 37.6 Å². The molecule has 2 fully saturated rings. The van der Waals surface area contributed by atoms with Crippen molar-refractivity contribution in [1.82, 2.24) is 4.90 Å². The summed E-state index contributed by atoms with van der Waals surface area (Å²) in [5.74, 6) is -0.321. The van der Waals surface area contributed by atoms with E-state index in [4.69, 9.17) is 11.6 Å². The minimum Gasteiger partial charge on any atom is -0.369 e. The van der Waals surface area contributed by atoms with Crippen molar-refractivity contribution in [1.29, 1.82) is 0 Å². The minimum atomic E-state index is -0.321. The number of hydrogen-bond donors (Lipinski definition) is 0. The number of nitrogens with zero attached hydrogens (tertiary/aromatic N) is 2. The summed E-state index contributed by atoms with van der Waals surface area (Å²) in [6.45, 7) is 4.32. The molecule has 1 aromatic rings. The van der Waals surface area contributed by atoms with Crippen LogP contribution in [0.25, 0.3) is 0 Å². The van der Waals surface area contributed by atoms with Crippen molar-refractivity contribution in [2.75, 3.05) is 31.1 Å². The minimum absolute atomic E-state index is 0.202. The van der Waals surface area contributed by atoms with E-state index in [9.17, 15) is 4.39 Å². The molecule has 0 amide bonds. The van der Waals surface area contributed by atoms with Gasteiger partial charge in [0.05, 0.1) is 5.02 Å². The smallest absolute Gasteiger partial charge is 0.143 e. The van der Waals surface area contributed by atoms with Crippen LogP contribution in [0.5, 0.6) is 0 Å². The molecule has 0 bridgehead atoms. The van der Waals surface area contributed by atoms with E-state index < -0.39 is 0 Å². The molecule has 0 aromatic heterocycles. The maximum atomic E-state index is 13.4. The van der Waals surface area contributed by atoms with E-state index in [0.717, 1.165) is 25.3 Å². The van der Waals surface area contributed by atoms with E-state index in [1.54, 1.807) is 12.1 Å². The number of anilines is 1. The molecule has 1 atom stereocenters. The molecule has 4 heteroatoms. The number of rotatable bonds is 1. The monoisotopic (exact) mass is 254 g/mol. The fourth-order valence-corrected chi connectivity index (χ4v) is 3.02. The molecule has 0 aliphatic carbocycles. The number of hydrogen-bond acceptors (Lipinski definition) is 2. The van der Waals surface area contributed by atoms with Gasteiger partial charge in [0.25, 0.3) is 0 Å². The zero-order valence-electron chi connectivity index (χ0n) is 9.70. The third kappa shape index (κ3) is 2.14. The summed E-state index contributed by atoms with van der Waals surface area (Å²) in [5, 5.41) is 0.202. The molecule has 2 aliphatic heterocycles. The van der Waals surface area contributed by atoms with E-state index >= 15 is 0 Å². The maximum Gasteiger partial charge on any atom is 0.143 e. The normalized spacial score (nSPS) is 25.1. The molecule has 0 spiro atoms. The van der Waals surface area contributed by atoms with E-state index in [2.05, 4.69) is 9.80 Å². The Morgan fingerprint density at radius 2 is 2.12 bits per heavy atom. The molecule has 2 aliphatic rings. The van der Waals surface area contributed by atoms with Crippen LogP contribution in [-0.2, 0) is 0 Å². The van der Waals surface area contributed by atoms with Crippen LogP contribution in [0.3, 0.4) is 0 Å². The average Bonchev–Trinajstić information content (AvgIpc) is 2.79. The van der Waals surface area contributed by atoms with Gasteiger partial charge in [-0.15, -0.1) is 0 Å². The third-order valence-electron chi connectivity index (χ3n) is 3.86. The number of benzene rings is 1. The highest BCUT2D eigenvalue weighted by Gasteiger charge is 2.30. The van der Waals surface area contributed by atoms with Gasteiger partial charge in [0.15, 0.2) is 0 Å². The Kier molecular flexibility index (Phi) is 2.97. The molecule has 0 N–H and O–H groups in total. The first-order chi connectivity index (χ1) is 8.24. The zero-order valence-corrected chi connectivity index (χ0v) is 10.5. The third-order valence-corrected chi connectivity index (χ3v) is 4.16. The zero-order chi connectivity index (χ0) is 11.8. The highest BCUT2D eigenvalue weighted by atomic mass is 35.5. The van der Waals surface area contributed by atoms with Gasteiger partial charge in [-0.3, -0.25) is 4.90 Å². The van der Waals surface area contributed by atoms with Gasteiger partial charge in [0, 0.05) is 31.4 Å². The van der Waals surface area contributed by atoms with Crippen LogP contribution in [0.2, 0.25) is 5.02 Å². The number of fused-ring (bicyclic) bond motifs is 1. The summed E-state index contributed by atoms with van der Waals surface area (Å²) in [4.78, 5) is 4.81. The molecule has 92 valence electrons. The summed E-state index contributed by atoms with van der Waals surface area (Å²) in [5.41, 5.74) is 0.957. The van der Waals surface area contributed by atoms with Crippen LogP contribution in [0.15, 0.2) is 18.2 Å². The maximum absolute atomic E-state index is 13.4. The predicted molar refractivity (Wildman–Crippen MR) is 68.2 cm³/mol. The Labute approximate surface area is 106 Å². The SMILES string of the molecule is Fc1cc(N2CCN3CCCC3C2)ccc1Cl. The number of piperazine rings is 1. The van der Waals surface area contributed by atoms with E-state index in [0.29, 0.717) is 6.04 Å². The fraction of sp³-hybridized carbons (Fsp3) is 0.538. The van der Waals surface area contributed by atoms with Crippen LogP contribution in [0, 0.1) is 5.82 Å². The second-order valence-electron chi connectivity index (χ2n) is 4.88. The lowest BCUT2D eigenvalue weighted by Crippen LogP contribution is -2.50. The van der Waals surface area contributed by atoms with Crippen molar-refractivity contribution in [2.24, 2.45) is 0 Å². The van der Waals surface area contributed by atoms with Crippen molar-refractivity contribution >= 4 is 17.3 Å². The predicted octanol–water partition coefficient (Wildman–Crippen LogP) is 2.76. The van der Waals surface area contributed by atoms with E-state index in [-0.39, 0.29) is 10.8 Å². The van der Waals surface area contributed by atoms with Gasteiger partial charge in [-0.25, -0.2) is 4.39 Å². The fourth-order valence-electron chi connectivity index (χ4n) is 2.91. The first kappa shape index (κ1) is 11.3. The van der Waals surface area contributed by atoms with Gasteiger partial charge in [0.2, 0.25) is 0 Å². The molecule has 0 saturated carbocycles. The molecular weight excluding hydrogens is 239 g/mol. The first-order valence-electron chi connectivity index (χ1n) is 6.18. The molecule has 17 heavy (non-hydrogen) atoms. The van der Waals surface area contributed by atoms with Crippen molar-refractivity contribution in [3.05, 3.63) is 29.0 Å². The molecular formula is C13H16ClFN2. The lowest BCUT2D eigenvalue weighted by Gasteiger charge is -2.38. The highest BCUT2D eigenvalue weighted by molar-refractivity contribution is 6.30. The average molecular weight is 255 g/mol. The summed E-state index contributed by atoms with van der Waals surface area (Å²) in [6.07, 6.45) is 2.57. The lowest BCUT2D eigenvalue weighted by molar-refractivity contribution is 0.231. The molecule has 2 nitrogen and oxygen atoms in total. The van der Waals surface area contributed by atoms with Gasteiger partial charge < -0.3 is 4.90 Å². The quantitative estimate of drug-likeness (QED) is 0.760. The topological polar surface area (TPSA) is 6.48 Å². The highest BCUT2D eigenvalue weighted by Crippen LogP contribution is 2.27. The van der Waals surface area contributed by atoms with Crippen molar-refractivity contribution < 1.29 is 4.39 Å². The standard InChI is InChI=1S/C13H16ClFN2/c14-12-4-3-10(8-13(12)15)17-7-6-16-5-1-2-11(16)9-17/h3-4,8,11H,1-2,5-7,9H2. The van der Waals surface area contributed by atoms with Crippen molar-refractivity contribution in [3.63, 3.8) is 0 Å². The van der Waals surface area contributed by atoms with E-state index in [1.165, 1.54) is 19.4 Å². The van der Waals surface area contributed by atoms with Crippen molar-refractivity contribution in [3.8, 4) is 0 Å². The summed E-state index contributed by atoms with van der Waals surface area (Å²) in [6, 6.07) is 5.76. The van der Waals surface area contributed by atoms with Crippen LogP contribution in [-0.4, -0.2) is 37.1 Å². The Bertz CT molecular complexity index is 424. The van der Waals surface area contributed by atoms with Gasteiger partial charge >= 0.3 is 0 Å². The van der Waals surface area contributed by atoms with Crippen LogP contribution in [0.1, 0.15) is 12.8 Å². The molecule has 2 saturated heterocycles.